The van der Waals surface area contributed by atoms with Crippen LogP contribution in [0.3, 0.4) is 0 Å². The number of carbonyl (C=O) groups is 2. The number of ketones is 2. The van der Waals surface area contributed by atoms with Crippen molar-refractivity contribution in [3.8, 4) is 0 Å². The maximum Gasteiger partial charge on any atom is 0.215 e. The summed E-state index contributed by atoms with van der Waals surface area (Å²) >= 11 is 1.41. The molecule has 0 radical (unpaired) electrons. The van der Waals surface area contributed by atoms with Crippen LogP contribution in [0.5, 0.6) is 0 Å². The van der Waals surface area contributed by atoms with E-state index in [2.05, 4.69) is 9.72 Å². The van der Waals surface area contributed by atoms with Crippen LogP contribution < -0.4 is 0 Å². The van der Waals surface area contributed by atoms with Gasteiger partial charge in [-0.15, -0.1) is 11.3 Å². The summed E-state index contributed by atoms with van der Waals surface area (Å²) in [6.45, 7) is 5.62. The zero-order valence-electron chi connectivity index (χ0n) is 20.6. The Morgan fingerprint density at radius 1 is 0.946 bits per heavy atom. The van der Waals surface area contributed by atoms with Gasteiger partial charge >= 0.3 is 0 Å². The van der Waals surface area contributed by atoms with Crippen LogP contribution in [-0.2, 0) is 11.3 Å². The van der Waals surface area contributed by atoms with Gasteiger partial charge in [0.2, 0.25) is 11.6 Å². The molecule has 0 saturated carbocycles. The van der Waals surface area contributed by atoms with Crippen molar-refractivity contribution >= 4 is 50.4 Å². The number of rotatable bonds is 9. The summed E-state index contributed by atoms with van der Waals surface area (Å²) in [5.41, 5.74) is 4.30. The molecule has 0 bridgehead atoms. The second-order valence-electron chi connectivity index (χ2n) is 8.71. The van der Waals surface area contributed by atoms with Crippen LogP contribution in [0, 0.1) is 6.92 Å². The lowest BCUT2D eigenvalue weighted by Crippen LogP contribution is -2.17. The first-order valence-electron chi connectivity index (χ1n) is 12.1. The SMILES string of the molecule is CCOCCn1c2ccc(C(=O)/C(=N\O)c3ccccc3C)cc2c2cc(C(=O)c3cccs3)ccc21. The number of hydrogen-bond donors (Lipinski definition) is 1. The molecule has 37 heavy (non-hydrogen) atoms. The minimum atomic E-state index is -0.375. The largest absolute Gasteiger partial charge is 0.410 e. The van der Waals surface area contributed by atoms with Gasteiger partial charge in [-0.25, -0.2) is 0 Å². The van der Waals surface area contributed by atoms with Crippen molar-refractivity contribution in [2.75, 3.05) is 13.2 Å². The van der Waals surface area contributed by atoms with E-state index in [1.54, 1.807) is 12.1 Å². The molecule has 0 atom stereocenters. The molecule has 6 nitrogen and oxygen atoms in total. The molecule has 5 rings (SSSR count). The van der Waals surface area contributed by atoms with Crippen LogP contribution in [0.1, 0.15) is 43.6 Å². The molecule has 7 heteroatoms. The average Bonchev–Trinajstić information content (AvgIpc) is 3.56. The third-order valence-corrected chi connectivity index (χ3v) is 7.38. The van der Waals surface area contributed by atoms with Crippen LogP contribution in [0.15, 0.2) is 83.3 Å². The van der Waals surface area contributed by atoms with E-state index < -0.39 is 0 Å². The number of thiophene rings is 1. The number of fused-ring (bicyclic) bond motifs is 3. The molecule has 5 aromatic rings. The Kier molecular flexibility index (Phi) is 6.99. The number of Topliss-reactive ketones (excluding diaryl/α,β-unsaturated/α-hetero) is 1. The van der Waals surface area contributed by atoms with E-state index in [-0.39, 0.29) is 17.3 Å². The van der Waals surface area contributed by atoms with Gasteiger partial charge in [0.25, 0.3) is 0 Å². The van der Waals surface area contributed by atoms with E-state index in [9.17, 15) is 14.8 Å². The van der Waals surface area contributed by atoms with Crippen LogP contribution in [0.4, 0.5) is 0 Å². The summed E-state index contributed by atoms with van der Waals surface area (Å²) in [5, 5.41) is 16.7. The monoisotopic (exact) mass is 510 g/mol. The number of benzene rings is 3. The van der Waals surface area contributed by atoms with Gasteiger partial charge < -0.3 is 14.5 Å². The highest BCUT2D eigenvalue weighted by Gasteiger charge is 2.21. The Bertz CT molecular complexity index is 1650. The second kappa shape index (κ2) is 10.5. The molecule has 0 aliphatic rings. The van der Waals surface area contributed by atoms with E-state index in [0.717, 1.165) is 27.4 Å². The van der Waals surface area contributed by atoms with Crippen LogP contribution in [0.25, 0.3) is 21.8 Å². The Balaban J connectivity index is 1.65. The highest BCUT2D eigenvalue weighted by molar-refractivity contribution is 7.12. The fourth-order valence-electron chi connectivity index (χ4n) is 4.67. The highest BCUT2D eigenvalue weighted by atomic mass is 32.1. The van der Waals surface area contributed by atoms with Crippen LogP contribution >= 0.6 is 11.3 Å². The molecule has 2 aromatic heterocycles. The maximum absolute atomic E-state index is 13.5. The summed E-state index contributed by atoms with van der Waals surface area (Å²) in [5.74, 6) is -0.409. The fraction of sp³-hybridized carbons (Fsp3) is 0.167. The molecule has 3 aromatic carbocycles. The zero-order chi connectivity index (χ0) is 25.9. The standard InChI is InChI=1S/C30H26N2O4S/c1-3-36-15-14-32-25-12-10-20(29(33)27-9-6-16-37-27)17-23(25)24-18-21(11-13-26(24)32)30(34)28(31-35)22-8-5-4-7-19(22)2/h4-13,16-18,35H,3,14-15H2,1-2H3/b31-28-. The molecular weight excluding hydrogens is 484 g/mol. The van der Waals surface area contributed by atoms with Gasteiger partial charge in [-0.1, -0.05) is 35.5 Å². The molecule has 2 heterocycles. The quantitative estimate of drug-likeness (QED) is 0.0808. The molecule has 186 valence electrons. The smallest absolute Gasteiger partial charge is 0.215 e. The lowest BCUT2D eigenvalue weighted by molar-refractivity contribution is 0.104. The molecule has 0 aliphatic carbocycles. The predicted molar refractivity (Wildman–Crippen MR) is 148 cm³/mol. The van der Waals surface area contributed by atoms with E-state index in [1.807, 2.05) is 79.9 Å². The lowest BCUT2D eigenvalue weighted by Gasteiger charge is -2.09. The lowest BCUT2D eigenvalue weighted by atomic mass is 9.96. The topological polar surface area (TPSA) is 80.9 Å². The fourth-order valence-corrected chi connectivity index (χ4v) is 5.36. The third kappa shape index (κ3) is 4.59. The molecule has 1 N–H and O–H groups in total. The van der Waals surface area contributed by atoms with Crippen molar-refractivity contribution in [3.05, 3.63) is 105 Å². The second-order valence-corrected chi connectivity index (χ2v) is 9.66. The van der Waals surface area contributed by atoms with E-state index >= 15 is 0 Å². The molecule has 0 spiro atoms. The summed E-state index contributed by atoms with van der Waals surface area (Å²) in [6, 6.07) is 22.2. The normalized spacial score (nSPS) is 11.9. The zero-order valence-corrected chi connectivity index (χ0v) is 21.4. The molecular formula is C30H26N2O4S. The molecule has 0 unspecified atom stereocenters. The predicted octanol–water partition coefficient (Wildman–Crippen LogP) is 6.49. The summed E-state index contributed by atoms with van der Waals surface area (Å²) in [6.07, 6.45) is 0. The van der Waals surface area contributed by atoms with E-state index in [1.165, 1.54) is 11.3 Å². The van der Waals surface area contributed by atoms with Crippen molar-refractivity contribution in [1.82, 2.24) is 4.57 Å². The minimum absolute atomic E-state index is 0.00824. The first kappa shape index (κ1) is 24.6. The van der Waals surface area contributed by atoms with Crippen molar-refractivity contribution in [1.29, 1.82) is 0 Å². The maximum atomic E-state index is 13.5. The number of aryl methyl sites for hydroxylation is 1. The third-order valence-electron chi connectivity index (χ3n) is 6.51. The first-order valence-corrected chi connectivity index (χ1v) is 13.0. The summed E-state index contributed by atoms with van der Waals surface area (Å²) in [4.78, 5) is 27.2. The van der Waals surface area contributed by atoms with Gasteiger partial charge in [-0.05, 0) is 67.3 Å². The van der Waals surface area contributed by atoms with Gasteiger partial charge in [0.1, 0.15) is 0 Å². The number of hydrogen-bond acceptors (Lipinski definition) is 6. The van der Waals surface area contributed by atoms with Crippen molar-refractivity contribution in [3.63, 3.8) is 0 Å². The first-order chi connectivity index (χ1) is 18.0. The Morgan fingerprint density at radius 3 is 2.30 bits per heavy atom. The molecule has 0 aliphatic heterocycles. The number of ether oxygens (including phenoxy) is 1. The number of aromatic nitrogens is 1. The highest BCUT2D eigenvalue weighted by Crippen LogP contribution is 2.32. The van der Waals surface area contributed by atoms with Gasteiger partial charge in [-0.3, -0.25) is 9.59 Å². The molecule has 0 saturated heterocycles. The van der Waals surface area contributed by atoms with Crippen LogP contribution in [-0.4, -0.2) is 40.3 Å². The van der Waals surface area contributed by atoms with Crippen molar-refractivity contribution in [2.45, 2.75) is 20.4 Å². The van der Waals surface area contributed by atoms with Crippen LogP contribution in [0.2, 0.25) is 0 Å². The summed E-state index contributed by atoms with van der Waals surface area (Å²) in [7, 11) is 0. The number of carbonyl (C=O) groups excluding carboxylic acids is 2. The Labute approximate surface area is 218 Å². The van der Waals surface area contributed by atoms with Gasteiger partial charge in [0.05, 0.1) is 11.5 Å². The van der Waals surface area contributed by atoms with Gasteiger partial charge in [0, 0.05) is 51.6 Å². The van der Waals surface area contributed by atoms with Crippen molar-refractivity contribution < 1.29 is 19.5 Å². The van der Waals surface area contributed by atoms with Gasteiger partial charge in [-0.2, -0.15) is 0 Å². The molecule has 0 fully saturated rings. The number of nitrogens with zero attached hydrogens (tertiary/aromatic N) is 2. The number of oxime groups is 1. The van der Waals surface area contributed by atoms with Gasteiger partial charge in [0.15, 0.2) is 5.71 Å². The van der Waals surface area contributed by atoms with Crippen molar-refractivity contribution in [2.24, 2.45) is 5.16 Å². The summed E-state index contributed by atoms with van der Waals surface area (Å²) < 4.78 is 7.76. The van der Waals surface area contributed by atoms with E-state index in [4.69, 9.17) is 4.74 Å². The Hall–Kier alpha value is -4.07. The minimum Gasteiger partial charge on any atom is -0.410 e. The molecule has 0 amide bonds. The average molecular weight is 511 g/mol. The Morgan fingerprint density at radius 2 is 1.65 bits per heavy atom. The van der Waals surface area contributed by atoms with E-state index in [0.29, 0.717) is 41.3 Å².